The lowest BCUT2D eigenvalue weighted by Crippen LogP contribution is -2.48. The predicted molar refractivity (Wildman–Crippen MR) is 50.2 cm³/mol. The van der Waals surface area contributed by atoms with E-state index in [1.807, 2.05) is 0 Å². The molecule has 1 aliphatic heterocycles. The van der Waals surface area contributed by atoms with Crippen LogP contribution in [-0.2, 0) is 4.79 Å². The average molecular weight is 248 g/mol. The first-order valence-electron chi connectivity index (χ1n) is 4.44. The number of carboxylic acids is 1. The zero-order chi connectivity index (χ0) is 10.8. The van der Waals surface area contributed by atoms with Gasteiger partial charge in [0.1, 0.15) is 6.04 Å². The molecule has 0 aromatic carbocycles. The van der Waals surface area contributed by atoms with E-state index in [0.29, 0.717) is 19.3 Å². The zero-order valence-electron chi connectivity index (χ0n) is 7.96. The largest absolute Gasteiger partial charge is 0.480 e. The Morgan fingerprint density at radius 2 is 2.00 bits per heavy atom. The molecular formula is C8H13ClF3NO2. The zero-order valence-corrected chi connectivity index (χ0v) is 8.77. The highest BCUT2D eigenvalue weighted by atomic mass is 35.5. The van der Waals surface area contributed by atoms with Crippen LogP contribution in [0.4, 0.5) is 13.2 Å². The first kappa shape index (κ1) is 14.5. The maximum absolute atomic E-state index is 12.0. The van der Waals surface area contributed by atoms with Gasteiger partial charge in [0.15, 0.2) is 0 Å². The van der Waals surface area contributed by atoms with Crippen molar-refractivity contribution in [3.8, 4) is 0 Å². The molecule has 0 bridgehead atoms. The number of halogens is 4. The molecule has 0 aromatic rings. The quantitative estimate of drug-likeness (QED) is 0.810. The minimum Gasteiger partial charge on any atom is -0.480 e. The van der Waals surface area contributed by atoms with E-state index in [4.69, 9.17) is 5.11 Å². The second kappa shape index (κ2) is 5.55. The van der Waals surface area contributed by atoms with Gasteiger partial charge in [0.2, 0.25) is 0 Å². The molecule has 1 atom stereocenters. The van der Waals surface area contributed by atoms with E-state index in [0.717, 1.165) is 4.90 Å². The fourth-order valence-electron chi connectivity index (χ4n) is 1.69. The molecule has 1 heterocycles. The van der Waals surface area contributed by atoms with E-state index in [-0.39, 0.29) is 19.0 Å². The number of alkyl halides is 3. The maximum atomic E-state index is 12.0. The third-order valence-corrected chi connectivity index (χ3v) is 2.28. The number of hydrogen-bond donors (Lipinski definition) is 1. The normalized spacial score (nSPS) is 23.3. The lowest BCUT2D eigenvalue weighted by Gasteiger charge is -2.33. The van der Waals surface area contributed by atoms with Gasteiger partial charge in [-0.1, -0.05) is 6.42 Å². The van der Waals surface area contributed by atoms with Gasteiger partial charge in [-0.3, -0.25) is 9.69 Å². The number of rotatable bonds is 2. The Balaban J connectivity index is 0.00000196. The summed E-state index contributed by atoms with van der Waals surface area (Å²) in [4.78, 5) is 11.6. The predicted octanol–water partition coefficient (Wildman–Crippen LogP) is 1.91. The average Bonchev–Trinajstić information content (AvgIpc) is 2.01. The van der Waals surface area contributed by atoms with E-state index < -0.39 is 24.7 Å². The maximum Gasteiger partial charge on any atom is 0.401 e. The van der Waals surface area contributed by atoms with Crippen molar-refractivity contribution in [2.75, 3.05) is 13.1 Å². The fourth-order valence-corrected chi connectivity index (χ4v) is 1.69. The van der Waals surface area contributed by atoms with E-state index in [2.05, 4.69) is 0 Å². The molecule has 0 aliphatic carbocycles. The van der Waals surface area contributed by atoms with Gasteiger partial charge in [-0.05, 0) is 19.4 Å². The van der Waals surface area contributed by atoms with Crippen molar-refractivity contribution in [3.63, 3.8) is 0 Å². The highest BCUT2D eigenvalue weighted by Gasteiger charge is 2.37. The summed E-state index contributed by atoms with van der Waals surface area (Å²) in [5, 5.41) is 8.70. The Bertz CT molecular complexity index is 222. The van der Waals surface area contributed by atoms with Gasteiger partial charge in [0.05, 0.1) is 6.54 Å². The van der Waals surface area contributed by atoms with Gasteiger partial charge in [-0.15, -0.1) is 12.4 Å². The minimum atomic E-state index is -4.31. The van der Waals surface area contributed by atoms with Gasteiger partial charge >= 0.3 is 12.1 Å². The summed E-state index contributed by atoms with van der Waals surface area (Å²) >= 11 is 0. The van der Waals surface area contributed by atoms with Crippen molar-refractivity contribution >= 4 is 18.4 Å². The van der Waals surface area contributed by atoms with E-state index >= 15 is 0 Å². The lowest BCUT2D eigenvalue weighted by molar-refractivity contribution is -0.164. The van der Waals surface area contributed by atoms with Crippen molar-refractivity contribution in [2.45, 2.75) is 31.5 Å². The van der Waals surface area contributed by atoms with Crippen LogP contribution >= 0.6 is 12.4 Å². The summed E-state index contributed by atoms with van der Waals surface area (Å²) in [6.07, 6.45) is -2.68. The molecule has 0 saturated carbocycles. The standard InChI is InChI=1S/C8H12F3NO2.ClH/c9-8(10,11)5-12-4-2-1-3-6(12)7(13)14;/h6H,1-5H2,(H,13,14);1H/t6-;/m0./s1. The van der Waals surface area contributed by atoms with Crippen molar-refractivity contribution in [1.82, 2.24) is 4.90 Å². The molecule has 3 nitrogen and oxygen atoms in total. The van der Waals surface area contributed by atoms with Crippen LogP contribution in [0.25, 0.3) is 0 Å². The highest BCUT2D eigenvalue weighted by Crippen LogP contribution is 2.23. The molecular weight excluding hydrogens is 235 g/mol. The first-order chi connectivity index (χ1) is 6.40. The third kappa shape index (κ3) is 4.70. The monoisotopic (exact) mass is 247 g/mol. The third-order valence-electron chi connectivity index (χ3n) is 2.28. The van der Waals surface area contributed by atoms with Crippen molar-refractivity contribution in [2.24, 2.45) is 0 Å². The number of piperidine rings is 1. The van der Waals surface area contributed by atoms with Gasteiger partial charge in [-0.2, -0.15) is 13.2 Å². The molecule has 0 amide bonds. The Labute approximate surface area is 91.7 Å². The van der Waals surface area contributed by atoms with Gasteiger partial charge in [-0.25, -0.2) is 0 Å². The highest BCUT2D eigenvalue weighted by molar-refractivity contribution is 5.85. The summed E-state index contributed by atoms with van der Waals surface area (Å²) < 4.78 is 36.1. The molecule has 0 spiro atoms. The second-order valence-electron chi connectivity index (χ2n) is 3.44. The van der Waals surface area contributed by atoms with Crippen LogP contribution in [0, 0.1) is 0 Å². The van der Waals surface area contributed by atoms with Crippen LogP contribution in [-0.4, -0.2) is 41.3 Å². The summed E-state index contributed by atoms with van der Waals surface area (Å²) in [5.41, 5.74) is 0. The second-order valence-corrected chi connectivity index (χ2v) is 3.44. The van der Waals surface area contributed by atoms with Gasteiger partial charge < -0.3 is 5.11 Å². The molecule has 1 fully saturated rings. The van der Waals surface area contributed by atoms with Crippen LogP contribution in [0.5, 0.6) is 0 Å². The number of hydrogen-bond acceptors (Lipinski definition) is 2. The molecule has 1 aliphatic rings. The molecule has 1 rings (SSSR count). The molecule has 0 unspecified atom stereocenters. The van der Waals surface area contributed by atoms with Crippen LogP contribution in [0.1, 0.15) is 19.3 Å². The molecule has 1 saturated heterocycles. The van der Waals surface area contributed by atoms with Gasteiger partial charge in [0.25, 0.3) is 0 Å². The Morgan fingerprint density at radius 3 is 2.47 bits per heavy atom. The fraction of sp³-hybridized carbons (Fsp3) is 0.875. The number of aliphatic carboxylic acids is 1. The molecule has 0 radical (unpaired) electrons. The summed E-state index contributed by atoms with van der Waals surface area (Å²) in [5.74, 6) is -1.16. The molecule has 1 N–H and O–H groups in total. The van der Waals surface area contributed by atoms with Crippen LogP contribution in [0.2, 0.25) is 0 Å². The molecule has 15 heavy (non-hydrogen) atoms. The van der Waals surface area contributed by atoms with E-state index in [9.17, 15) is 18.0 Å². The topological polar surface area (TPSA) is 40.5 Å². The van der Waals surface area contributed by atoms with Crippen LogP contribution in [0.3, 0.4) is 0 Å². The minimum absolute atomic E-state index is 0. The van der Waals surface area contributed by atoms with Crippen molar-refractivity contribution in [1.29, 1.82) is 0 Å². The van der Waals surface area contributed by atoms with Crippen LogP contribution in [0.15, 0.2) is 0 Å². The molecule has 0 aromatic heterocycles. The molecule has 90 valence electrons. The summed E-state index contributed by atoms with van der Waals surface area (Å²) in [6.45, 7) is -0.902. The Kier molecular flexibility index (Phi) is 5.37. The van der Waals surface area contributed by atoms with Crippen LogP contribution < -0.4 is 0 Å². The summed E-state index contributed by atoms with van der Waals surface area (Å²) in [7, 11) is 0. The number of carboxylic acid groups (broad SMARTS) is 1. The Hall–Kier alpha value is -0.490. The first-order valence-corrected chi connectivity index (χ1v) is 4.44. The van der Waals surface area contributed by atoms with Crippen molar-refractivity contribution in [3.05, 3.63) is 0 Å². The van der Waals surface area contributed by atoms with Gasteiger partial charge in [0, 0.05) is 0 Å². The summed E-state index contributed by atoms with van der Waals surface area (Å²) in [6, 6.07) is -0.967. The smallest absolute Gasteiger partial charge is 0.401 e. The Morgan fingerprint density at radius 1 is 1.40 bits per heavy atom. The SMILES string of the molecule is Cl.O=C(O)[C@@H]1CCCCN1CC(F)(F)F. The van der Waals surface area contributed by atoms with E-state index in [1.54, 1.807) is 0 Å². The van der Waals surface area contributed by atoms with E-state index in [1.165, 1.54) is 0 Å². The number of carbonyl (C=O) groups is 1. The van der Waals surface area contributed by atoms with Crippen molar-refractivity contribution < 1.29 is 23.1 Å². The number of likely N-dealkylation sites (tertiary alicyclic amines) is 1. The lowest BCUT2D eigenvalue weighted by atomic mass is 10.0. The molecule has 7 heteroatoms. The number of nitrogens with zero attached hydrogens (tertiary/aromatic N) is 1.